The van der Waals surface area contributed by atoms with E-state index in [0.717, 1.165) is 42.5 Å². The zero-order chi connectivity index (χ0) is 21.5. The summed E-state index contributed by atoms with van der Waals surface area (Å²) in [6.45, 7) is 10.2. The van der Waals surface area contributed by atoms with E-state index in [0.29, 0.717) is 23.9 Å². The lowest BCUT2D eigenvalue weighted by Crippen LogP contribution is -2.38. The molecule has 4 rings (SSSR count). The average Bonchev–Trinajstić information content (AvgIpc) is 3.06. The third-order valence-electron chi connectivity index (χ3n) is 6.38. The molecule has 1 aliphatic rings. The molecule has 2 aromatic carbocycles. The molecule has 0 amide bonds. The molecule has 30 heavy (non-hydrogen) atoms. The van der Waals surface area contributed by atoms with Gasteiger partial charge in [0.05, 0.1) is 4.90 Å². The molecule has 2 heterocycles. The summed E-state index contributed by atoms with van der Waals surface area (Å²) in [6, 6.07) is 12.5. The molecule has 0 bridgehead atoms. The fraction of sp³-hybridized carbons (Fsp3) is 0.440. The van der Waals surface area contributed by atoms with E-state index < -0.39 is 10.0 Å². The van der Waals surface area contributed by atoms with Crippen LogP contribution in [0.5, 0.6) is 0 Å². The van der Waals surface area contributed by atoms with Crippen LogP contribution in [-0.2, 0) is 16.6 Å². The maximum Gasteiger partial charge on any atom is 0.243 e. The number of hydrogen-bond donors (Lipinski definition) is 0. The largest absolute Gasteiger partial charge is 0.347 e. The maximum atomic E-state index is 13.4. The van der Waals surface area contributed by atoms with Gasteiger partial charge in [0.1, 0.15) is 0 Å². The Morgan fingerprint density at radius 1 is 1.00 bits per heavy atom. The number of nitrogens with zero attached hydrogens (tertiary/aromatic N) is 2. The van der Waals surface area contributed by atoms with Gasteiger partial charge in [-0.25, -0.2) is 8.42 Å². The molecule has 0 saturated carbocycles. The monoisotopic (exact) mass is 424 g/mol. The molecular formula is C25H32N2O2S. The van der Waals surface area contributed by atoms with Gasteiger partial charge in [0.2, 0.25) is 10.0 Å². The van der Waals surface area contributed by atoms with Crippen molar-refractivity contribution >= 4 is 20.9 Å². The van der Waals surface area contributed by atoms with Crippen LogP contribution in [0.1, 0.15) is 54.4 Å². The van der Waals surface area contributed by atoms with E-state index >= 15 is 0 Å². The van der Waals surface area contributed by atoms with Gasteiger partial charge in [0.15, 0.2) is 0 Å². The van der Waals surface area contributed by atoms with Crippen LogP contribution in [0.2, 0.25) is 0 Å². The van der Waals surface area contributed by atoms with Crippen LogP contribution in [0.25, 0.3) is 10.9 Å². The quantitative estimate of drug-likeness (QED) is 0.539. The summed E-state index contributed by atoms with van der Waals surface area (Å²) in [7, 11) is -3.46. The number of hydrogen-bond acceptors (Lipinski definition) is 2. The number of aryl methyl sites for hydroxylation is 4. The minimum Gasteiger partial charge on any atom is -0.347 e. The van der Waals surface area contributed by atoms with E-state index in [2.05, 4.69) is 42.0 Å². The van der Waals surface area contributed by atoms with Gasteiger partial charge < -0.3 is 4.57 Å². The Labute approximate surface area is 180 Å². The van der Waals surface area contributed by atoms with E-state index in [4.69, 9.17) is 0 Å². The second kappa shape index (κ2) is 8.20. The second-order valence-electron chi connectivity index (χ2n) is 8.70. The van der Waals surface area contributed by atoms with Crippen molar-refractivity contribution in [1.82, 2.24) is 8.87 Å². The fourth-order valence-corrected chi connectivity index (χ4v) is 7.02. The lowest BCUT2D eigenvalue weighted by atomic mass is 9.90. The SMILES string of the molecule is CCCn1cc(C2CCN(S(=O)(=O)c3c(C)cc(C)cc3C)CC2)c2ccccc21. The van der Waals surface area contributed by atoms with E-state index in [9.17, 15) is 8.42 Å². The number of benzene rings is 2. The molecule has 0 N–H and O–H groups in total. The lowest BCUT2D eigenvalue weighted by Gasteiger charge is -2.32. The third-order valence-corrected chi connectivity index (χ3v) is 8.59. The third kappa shape index (κ3) is 3.69. The van der Waals surface area contributed by atoms with Gasteiger partial charge in [-0.15, -0.1) is 0 Å². The number of piperidine rings is 1. The smallest absolute Gasteiger partial charge is 0.243 e. The lowest BCUT2D eigenvalue weighted by molar-refractivity contribution is 0.320. The molecule has 0 unspecified atom stereocenters. The van der Waals surface area contributed by atoms with Gasteiger partial charge in [-0.05, 0) is 68.7 Å². The molecule has 4 nitrogen and oxygen atoms in total. The Bertz CT molecular complexity index is 1150. The maximum absolute atomic E-state index is 13.4. The number of fused-ring (bicyclic) bond motifs is 1. The summed E-state index contributed by atoms with van der Waals surface area (Å²) in [5, 5.41) is 1.32. The summed E-state index contributed by atoms with van der Waals surface area (Å²) in [4.78, 5) is 0.492. The molecule has 1 saturated heterocycles. The average molecular weight is 425 g/mol. The molecule has 0 spiro atoms. The van der Waals surface area contributed by atoms with Crippen LogP contribution in [0.4, 0.5) is 0 Å². The summed E-state index contributed by atoms with van der Waals surface area (Å²) < 4.78 is 30.9. The Kier molecular flexibility index (Phi) is 5.78. The van der Waals surface area contributed by atoms with E-state index in [1.807, 2.05) is 32.9 Å². The minimum absolute atomic E-state index is 0.402. The molecule has 5 heteroatoms. The first-order chi connectivity index (χ1) is 14.3. The van der Waals surface area contributed by atoms with Crippen LogP contribution in [0, 0.1) is 20.8 Å². The first kappa shape index (κ1) is 21.1. The van der Waals surface area contributed by atoms with Gasteiger partial charge in [0, 0.05) is 36.7 Å². The highest BCUT2D eigenvalue weighted by Crippen LogP contribution is 2.36. The molecule has 1 aromatic heterocycles. The second-order valence-corrected chi connectivity index (χ2v) is 10.6. The van der Waals surface area contributed by atoms with Crippen LogP contribution >= 0.6 is 0 Å². The highest BCUT2D eigenvalue weighted by molar-refractivity contribution is 7.89. The summed E-state index contributed by atoms with van der Waals surface area (Å²) in [6.07, 6.45) is 5.13. The van der Waals surface area contributed by atoms with Gasteiger partial charge in [-0.3, -0.25) is 0 Å². The minimum atomic E-state index is -3.46. The van der Waals surface area contributed by atoms with E-state index in [1.54, 1.807) is 4.31 Å². The molecule has 0 aliphatic carbocycles. The Balaban J connectivity index is 1.58. The summed E-state index contributed by atoms with van der Waals surface area (Å²) in [5.41, 5.74) is 5.45. The van der Waals surface area contributed by atoms with Gasteiger partial charge in [-0.1, -0.05) is 42.8 Å². The van der Waals surface area contributed by atoms with Crippen LogP contribution < -0.4 is 0 Å². The fourth-order valence-electron chi connectivity index (χ4n) is 5.14. The zero-order valence-corrected chi connectivity index (χ0v) is 19.3. The van der Waals surface area contributed by atoms with E-state index in [1.165, 1.54) is 16.5 Å². The van der Waals surface area contributed by atoms with Crippen LogP contribution in [0.15, 0.2) is 47.5 Å². The number of para-hydroxylation sites is 1. The molecule has 0 atom stereocenters. The van der Waals surface area contributed by atoms with Crippen molar-refractivity contribution in [2.75, 3.05) is 13.1 Å². The van der Waals surface area contributed by atoms with Crippen molar-refractivity contribution in [3.63, 3.8) is 0 Å². The number of rotatable bonds is 5. The van der Waals surface area contributed by atoms with Crippen molar-refractivity contribution in [3.05, 3.63) is 64.8 Å². The normalized spacial score (nSPS) is 16.4. The van der Waals surface area contributed by atoms with Gasteiger partial charge in [-0.2, -0.15) is 4.31 Å². The number of sulfonamides is 1. The predicted octanol–water partition coefficient (Wildman–Crippen LogP) is 5.54. The van der Waals surface area contributed by atoms with Crippen LogP contribution in [0.3, 0.4) is 0 Å². The highest BCUT2D eigenvalue weighted by Gasteiger charge is 2.32. The first-order valence-electron chi connectivity index (χ1n) is 11.0. The molecule has 0 radical (unpaired) electrons. The van der Waals surface area contributed by atoms with Gasteiger partial charge >= 0.3 is 0 Å². The molecular weight excluding hydrogens is 392 g/mol. The Morgan fingerprint density at radius 2 is 1.63 bits per heavy atom. The highest BCUT2D eigenvalue weighted by atomic mass is 32.2. The van der Waals surface area contributed by atoms with Crippen molar-refractivity contribution in [1.29, 1.82) is 0 Å². The van der Waals surface area contributed by atoms with Crippen molar-refractivity contribution in [2.24, 2.45) is 0 Å². The van der Waals surface area contributed by atoms with Crippen LogP contribution in [-0.4, -0.2) is 30.4 Å². The predicted molar refractivity (Wildman–Crippen MR) is 124 cm³/mol. The van der Waals surface area contributed by atoms with Gasteiger partial charge in [0.25, 0.3) is 0 Å². The molecule has 1 aliphatic heterocycles. The van der Waals surface area contributed by atoms with E-state index in [-0.39, 0.29) is 0 Å². The van der Waals surface area contributed by atoms with Crippen molar-refractivity contribution in [3.8, 4) is 0 Å². The van der Waals surface area contributed by atoms with Crippen molar-refractivity contribution < 1.29 is 8.42 Å². The molecule has 160 valence electrons. The standard InChI is InChI=1S/C25H32N2O2S/c1-5-12-26-17-23(22-8-6-7-9-24(22)26)21-10-13-27(14-11-21)30(28,29)25-19(3)15-18(2)16-20(25)4/h6-9,15-17,21H,5,10-14H2,1-4H3. The molecule has 3 aromatic rings. The molecule has 1 fully saturated rings. The number of aromatic nitrogens is 1. The summed E-state index contributed by atoms with van der Waals surface area (Å²) in [5.74, 6) is 0.402. The summed E-state index contributed by atoms with van der Waals surface area (Å²) >= 11 is 0. The Morgan fingerprint density at radius 3 is 2.27 bits per heavy atom. The Hall–Kier alpha value is -2.11. The topological polar surface area (TPSA) is 42.3 Å². The first-order valence-corrected chi connectivity index (χ1v) is 12.4. The van der Waals surface area contributed by atoms with Crippen molar-refractivity contribution in [2.45, 2.75) is 64.3 Å². The zero-order valence-electron chi connectivity index (χ0n) is 18.5.